The Hall–Kier alpha value is -2.26. The Morgan fingerprint density at radius 1 is 1.05 bits per heavy atom. The number of nitrogens with zero attached hydrogens (tertiary/aromatic N) is 2. The zero-order chi connectivity index (χ0) is 13.9. The first-order valence-electron chi connectivity index (χ1n) is 6.33. The Morgan fingerprint density at radius 2 is 1.85 bits per heavy atom. The molecule has 0 aliphatic carbocycles. The van der Waals surface area contributed by atoms with Crippen LogP contribution < -0.4 is 5.73 Å². The molecule has 0 unspecified atom stereocenters. The van der Waals surface area contributed by atoms with Gasteiger partial charge in [-0.3, -0.25) is 4.68 Å². The number of benzene rings is 2. The van der Waals surface area contributed by atoms with Crippen molar-refractivity contribution in [2.75, 3.05) is 5.73 Å². The molecule has 0 fully saturated rings. The van der Waals surface area contributed by atoms with Crippen LogP contribution in [0.5, 0.6) is 0 Å². The summed E-state index contributed by atoms with van der Waals surface area (Å²) >= 11 is 5.88. The number of nitrogen functional groups attached to an aromatic ring is 1. The van der Waals surface area contributed by atoms with Crippen LogP contribution in [-0.4, -0.2) is 9.78 Å². The highest BCUT2D eigenvalue weighted by Gasteiger charge is 2.03. The van der Waals surface area contributed by atoms with E-state index in [0.29, 0.717) is 0 Å². The third kappa shape index (κ3) is 2.83. The lowest BCUT2D eigenvalue weighted by molar-refractivity contribution is 0.687. The molecular formula is C16H14ClN3. The molecule has 0 bridgehead atoms. The molecule has 3 nitrogen and oxygen atoms in total. The van der Waals surface area contributed by atoms with Crippen LogP contribution in [0.4, 0.5) is 5.69 Å². The van der Waals surface area contributed by atoms with Gasteiger partial charge in [0.25, 0.3) is 0 Å². The van der Waals surface area contributed by atoms with Crippen molar-refractivity contribution in [3.63, 3.8) is 0 Å². The molecule has 0 radical (unpaired) electrons. The second-order valence-corrected chi connectivity index (χ2v) is 5.11. The first-order valence-corrected chi connectivity index (χ1v) is 6.71. The van der Waals surface area contributed by atoms with E-state index in [-0.39, 0.29) is 0 Å². The molecule has 4 heteroatoms. The van der Waals surface area contributed by atoms with E-state index in [2.05, 4.69) is 5.10 Å². The molecule has 0 aliphatic rings. The molecule has 100 valence electrons. The lowest BCUT2D eigenvalue weighted by Crippen LogP contribution is -1.99. The van der Waals surface area contributed by atoms with Crippen LogP contribution in [0.1, 0.15) is 5.56 Å². The monoisotopic (exact) mass is 283 g/mol. The van der Waals surface area contributed by atoms with Gasteiger partial charge in [0, 0.05) is 22.5 Å². The summed E-state index contributed by atoms with van der Waals surface area (Å²) in [6.07, 6.45) is 3.87. The van der Waals surface area contributed by atoms with Crippen LogP contribution in [-0.2, 0) is 6.54 Å². The van der Waals surface area contributed by atoms with E-state index in [1.807, 2.05) is 65.6 Å². The minimum absolute atomic E-state index is 0.722. The smallest absolute Gasteiger partial charge is 0.0659 e. The van der Waals surface area contributed by atoms with E-state index in [1.165, 1.54) is 0 Å². The van der Waals surface area contributed by atoms with E-state index in [1.54, 1.807) is 0 Å². The quantitative estimate of drug-likeness (QED) is 0.742. The largest absolute Gasteiger partial charge is 0.399 e. The van der Waals surface area contributed by atoms with Crippen molar-refractivity contribution < 1.29 is 0 Å². The minimum Gasteiger partial charge on any atom is -0.399 e. The SMILES string of the molecule is Nc1cccc(-c2cnn(Cc3ccc(Cl)cc3)c2)c1. The molecule has 0 aliphatic heterocycles. The van der Waals surface area contributed by atoms with Crippen molar-refractivity contribution in [2.45, 2.75) is 6.54 Å². The number of halogens is 1. The Bertz CT molecular complexity index is 717. The Kier molecular flexibility index (Phi) is 3.44. The van der Waals surface area contributed by atoms with E-state index < -0.39 is 0 Å². The summed E-state index contributed by atoms with van der Waals surface area (Å²) in [6, 6.07) is 15.6. The van der Waals surface area contributed by atoms with Gasteiger partial charge in [-0.1, -0.05) is 35.9 Å². The van der Waals surface area contributed by atoms with Crippen LogP contribution in [0.2, 0.25) is 5.02 Å². The topological polar surface area (TPSA) is 43.8 Å². The number of aromatic nitrogens is 2. The van der Waals surface area contributed by atoms with Crippen LogP contribution in [0, 0.1) is 0 Å². The summed E-state index contributed by atoms with van der Waals surface area (Å²) < 4.78 is 1.90. The molecule has 3 rings (SSSR count). The lowest BCUT2D eigenvalue weighted by Gasteiger charge is -2.02. The van der Waals surface area contributed by atoms with Crippen molar-refractivity contribution in [1.29, 1.82) is 0 Å². The average Bonchev–Trinajstić information content (AvgIpc) is 2.90. The normalized spacial score (nSPS) is 10.7. The highest BCUT2D eigenvalue weighted by atomic mass is 35.5. The first kappa shape index (κ1) is 12.8. The highest BCUT2D eigenvalue weighted by molar-refractivity contribution is 6.30. The second kappa shape index (κ2) is 5.39. The van der Waals surface area contributed by atoms with Crippen LogP contribution in [0.25, 0.3) is 11.1 Å². The third-order valence-electron chi connectivity index (χ3n) is 3.11. The zero-order valence-electron chi connectivity index (χ0n) is 10.8. The van der Waals surface area contributed by atoms with Gasteiger partial charge in [-0.05, 0) is 35.4 Å². The third-order valence-corrected chi connectivity index (χ3v) is 3.36. The molecule has 1 aromatic heterocycles. The maximum Gasteiger partial charge on any atom is 0.0659 e. The second-order valence-electron chi connectivity index (χ2n) is 4.68. The molecule has 0 spiro atoms. The van der Waals surface area contributed by atoms with Crippen LogP contribution in [0.3, 0.4) is 0 Å². The summed E-state index contributed by atoms with van der Waals surface area (Å²) in [5.74, 6) is 0. The molecule has 2 N–H and O–H groups in total. The fraction of sp³-hybridized carbons (Fsp3) is 0.0625. The average molecular weight is 284 g/mol. The molecule has 1 heterocycles. The van der Waals surface area contributed by atoms with Gasteiger partial charge in [-0.15, -0.1) is 0 Å². The zero-order valence-corrected chi connectivity index (χ0v) is 11.6. The van der Waals surface area contributed by atoms with Crippen LogP contribution in [0.15, 0.2) is 60.9 Å². The summed E-state index contributed by atoms with van der Waals surface area (Å²) in [4.78, 5) is 0. The maximum absolute atomic E-state index is 5.88. The van der Waals surface area contributed by atoms with Gasteiger partial charge in [0.2, 0.25) is 0 Å². The molecule has 3 aromatic rings. The Labute approximate surface area is 122 Å². The van der Waals surface area contributed by atoms with E-state index in [9.17, 15) is 0 Å². The van der Waals surface area contributed by atoms with Crippen LogP contribution >= 0.6 is 11.6 Å². The van der Waals surface area contributed by atoms with E-state index in [4.69, 9.17) is 17.3 Å². The maximum atomic E-state index is 5.88. The molecule has 0 amide bonds. The van der Waals surface area contributed by atoms with E-state index in [0.717, 1.165) is 33.9 Å². The molecule has 0 saturated carbocycles. The first-order chi connectivity index (χ1) is 9.70. The predicted octanol–water partition coefficient (Wildman–Crippen LogP) is 3.83. The molecule has 2 aromatic carbocycles. The Morgan fingerprint density at radius 3 is 2.60 bits per heavy atom. The summed E-state index contributed by atoms with van der Waals surface area (Å²) in [7, 11) is 0. The van der Waals surface area contributed by atoms with Gasteiger partial charge in [-0.2, -0.15) is 5.10 Å². The standard InChI is InChI=1S/C16H14ClN3/c17-15-6-4-12(5-7-15)10-20-11-14(9-19-20)13-2-1-3-16(18)8-13/h1-9,11H,10,18H2. The van der Waals surface area contributed by atoms with Gasteiger partial charge >= 0.3 is 0 Å². The predicted molar refractivity (Wildman–Crippen MR) is 82.6 cm³/mol. The van der Waals surface area contributed by atoms with Gasteiger partial charge < -0.3 is 5.73 Å². The van der Waals surface area contributed by atoms with Crippen molar-refractivity contribution in [2.24, 2.45) is 0 Å². The molecule has 0 saturated heterocycles. The molecular weight excluding hydrogens is 270 g/mol. The van der Waals surface area contributed by atoms with Gasteiger partial charge in [0.05, 0.1) is 12.7 Å². The van der Waals surface area contributed by atoms with Crippen molar-refractivity contribution >= 4 is 17.3 Å². The van der Waals surface area contributed by atoms with Crippen molar-refractivity contribution in [3.05, 3.63) is 71.5 Å². The summed E-state index contributed by atoms with van der Waals surface area (Å²) in [5.41, 5.74) is 9.86. The van der Waals surface area contributed by atoms with Gasteiger partial charge in [0.1, 0.15) is 0 Å². The number of nitrogens with two attached hydrogens (primary N) is 1. The summed E-state index contributed by atoms with van der Waals surface area (Å²) in [5, 5.41) is 5.13. The van der Waals surface area contributed by atoms with Crippen molar-refractivity contribution in [1.82, 2.24) is 9.78 Å². The number of anilines is 1. The highest BCUT2D eigenvalue weighted by Crippen LogP contribution is 2.21. The van der Waals surface area contributed by atoms with Gasteiger partial charge in [0.15, 0.2) is 0 Å². The van der Waals surface area contributed by atoms with E-state index >= 15 is 0 Å². The van der Waals surface area contributed by atoms with Crippen molar-refractivity contribution in [3.8, 4) is 11.1 Å². The Balaban J connectivity index is 1.82. The number of hydrogen-bond acceptors (Lipinski definition) is 2. The van der Waals surface area contributed by atoms with Gasteiger partial charge in [-0.25, -0.2) is 0 Å². The fourth-order valence-corrected chi connectivity index (χ4v) is 2.22. The summed E-state index contributed by atoms with van der Waals surface area (Å²) in [6.45, 7) is 0.722. The fourth-order valence-electron chi connectivity index (χ4n) is 2.09. The molecule has 0 atom stereocenters. The lowest BCUT2D eigenvalue weighted by atomic mass is 10.1. The number of rotatable bonds is 3. The number of hydrogen-bond donors (Lipinski definition) is 1. The molecule has 20 heavy (non-hydrogen) atoms. The minimum atomic E-state index is 0.722.